The highest BCUT2D eigenvalue weighted by Crippen LogP contribution is 2.45. The standard InChI is InChI=1S/C77H150O17P2/c1-9-70(8)56-48-40-35-36-42-50-58-75(80)88-64-73(94-77(82)60-52-44-34-28-22-16-19-25-31-39-47-55-69(6)7)66-92-96(85,86)90-62-71(78)61-89-95(83,84)91-65-72(93-76(81)59-51-43-33-27-21-15-11-13-18-24-30-38-46-54-68(4)5)63-87-74(79)57-49-41-32-26-20-14-10-12-17-23-29-37-45-53-67(2)3/h67-73,78H,9-66H2,1-8H3,(H,83,84)(H,85,86)/t70?,71-,72-,73-/m1/s1. The van der Waals surface area contributed by atoms with Gasteiger partial charge in [-0.2, -0.15) is 0 Å². The molecule has 0 fully saturated rings. The molecule has 0 aliphatic heterocycles. The second-order valence-corrected chi connectivity index (χ2v) is 32.3. The van der Waals surface area contributed by atoms with Gasteiger partial charge in [-0.3, -0.25) is 37.3 Å². The number of phosphoric acid groups is 2. The van der Waals surface area contributed by atoms with Crippen LogP contribution in [0, 0.1) is 23.7 Å². The molecular formula is C77H150O17P2. The lowest BCUT2D eigenvalue weighted by Gasteiger charge is -2.21. The molecule has 3 unspecified atom stereocenters. The minimum atomic E-state index is -4.96. The van der Waals surface area contributed by atoms with E-state index < -0.39 is 97.5 Å². The zero-order chi connectivity index (χ0) is 71.0. The van der Waals surface area contributed by atoms with Crippen LogP contribution in [-0.2, 0) is 65.4 Å². The van der Waals surface area contributed by atoms with Crippen LogP contribution in [0.5, 0.6) is 0 Å². The monoisotopic (exact) mass is 1410 g/mol. The Kier molecular flexibility index (Phi) is 65.0. The summed E-state index contributed by atoms with van der Waals surface area (Å²) in [7, 11) is -9.92. The summed E-state index contributed by atoms with van der Waals surface area (Å²) in [6, 6.07) is 0. The van der Waals surface area contributed by atoms with E-state index in [9.17, 15) is 43.2 Å². The van der Waals surface area contributed by atoms with E-state index in [1.54, 1.807) is 0 Å². The van der Waals surface area contributed by atoms with Crippen molar-refractivity contribution in [3.63, 3.8) is 0 Å². The summed E-state index contributed by atoms with van der Waals surface area (Å²) in [6.07, 6.45) is 51.3. The average Bonchev–Trinajstić information content (AvgIpc) is 1.50. The maximum absolute atomic E-state index is 13.1. The first kappa shape index (κ1) is 94.1. The minimum Gasteiger partial charge on any atom is -0.462 e. The highest BCUT2D eigenvalue weighted by molar-refractivity contribution is 7.47. The van der Waals surface area contributed by atoms with Gasteiger partial charge in [0.05, 0.1) is 26.4 Å². The van der Waals surface area contributed by atoms with E-state index in [4.69, 9.17) is 37.0 Å². The van der Waals surface area contributed by atoms with Crippen molar-refractivity contribution in [3.05, 3.63) is 0 Å². The fraction of sp³-hybridized carbons (Fsp3) is 0.948. The number of aliphatic hydroxyl groups excluding tert-OH is 1. The second kappa shape index (κ2) is 66.3. The van der Waals surface area contributed by atoms with Gasteiger partial charge in [-0.1, -0.05) is 338 Å². The smallest absolute Gasteiger partial charge is 0.462 e. The lowest BCUT2D eigenvalue weighted by Crippen LogP contribution is -2.30. The van der Waals surface area contributed by atoms with Crippen molar-refractivity contribution < 1.29 is 80.2 Å². The molecule has 0 amide bonds. The first-order chi connectivity index (χ1) is 46.1. The molecular weight excluding hydrogens is 1260 g/mol. The quantitative estimate of drug-likeness (QED) is 0.0222. The zero-order valence-electron chi connectivity index (χ0n) is 63.0. The number of ether oxygens (including phenoxy) is 4. The maximum atomic E-state index is 13.1. The molecule has 0 rings (SSSR count). The molecule has 570 valence electrons. The third-order valence-electron chi connectivity index (χ3n) is 18.2. The first-order valence-electron chi connectivity index (χ1n) is 39.7. The highest BCUT2D eigenvalue weighted by atomic mass is 31.2. The topological polar surface area (TPSA) is 237 Å². The Bertz CT molecular complexity index is 1890. The van der Waals surface area contributed by atoms with Crippen LogP contribution in [-0.4, -0.2) is 96.7 Å². The van der Waals surface area contributed by atoms with Crippen LogP contribution < -0.4 is 0 Å². The Balaban J connectivity index is 5.26. The summed E-state index contributed by atoms with van der Waals surface area (Å²) in [5.74, 6) is 0.954. The molecule has 3 N–H and O–H groups in total. The van der Waals surface area contributed by atoms with Crippen LogP contribution in [0.4, 0.5) is 0 Å². The minimum absolute atomic E-state index is 0.105. The van der Waals surface area contributed by atoms with E-state index in [0.717, 1.165) is 120 Å². The van der Waals surface area contributed by atoms with E-state index in [1.807, 2.05) is 0 Å². The molecule has 0 saturated carbocycles. The van der Waals surface area contributed by atoms with Crippen molar-refractivity contribution in [1.82, 2.24) is 0 Å². The number of hydrogen-bond donors (Lipinski definition) is 3. The van der Waals surface area contributed by atoms with Gasteiger partial charge in [0.2, 0.25) is 0 Å². The Morgan fingerprint density at radius 1 is 0.292 bits per heavy atom. The number of aliphatic hydroxyl groups is 1. The average molecular weight is 1410 g/mol. The van der Waals surface area contributed by atoms with Crippen molar-refractivity contribution in [2.45, 2.75) is 408 Å². The molecule has 0 radical (unpaired) electrons. The molecule has 0 aliphatic rings. The molecule has 0 saturated heterocycles. The van der Waals surface area contributed by atoms with Crippen LogP contribution in [0.2, 0.25) is 0 Å². The SMILES string of the molecule is CCC(C)CCCCCCCCC(=O)OC[C@H](COP(=O)(O)OC[C@H](O)COP(=O)(O)OC[C@@H](COC(=O)CCCCCCCCCCCCCCCC(C)C)OC(=O)CCCCCCCCCCCCCCCC(C)C)OC(=O)CCCCCCCCCCCCCC(C)C. The van der Waals surface area contributed by atoms with Gasteiger partial charge in [-0.25, -0.2) is 9.13 Å². The molecule has 0 bridgehead atoms. The van der Waals surface area contributed by atoms with Crippen LogP contribution >= 0.6 is 15.6 Å². The van der Waals surface area contributed by atoms with Crippen molar-refractivity contribution in [1.29, 1.82) is 0 Å². The Morgan fingerprint density at radius 2 is 0.500 bits per heavy atom. The van der Waals surface area contributed by atoms with Gasteiger partial charge in [-0.05, 0) is 49.4 Å². The van der Waals surface area contributed by atoms with E-state index in [2.05, 4.69) is 55.4 Å². The molecule has 19 heteroatoms. The predicted octanol–water partition coefficient (Wildman–Crippen LogP) is 22.4. The molecule has 17 nitrogen and oxygen atoms in total. The zero-order valence-corrected chi connectivity index (χ0v) is 64.8. The summed E-state index contributed by atoms with van der Waals surface area (Å²) in [5, 5.41) is 10.6. The number of phosphoric ester groups is 2. The molecule has 0 spiro atoms. The Hall–Kier alpha value is -1.94. The third kappa shape index (κ3) is 69.2. The van der Waals surface area contributed by atoms with Crippen molar-refractivity contribution in [2.24, 2.45) is 23.7 Å². The lowest BCUT2D eigenvalue weighted by molar-refractivity contribution is -0.161. The summed E-state index contributed by atoms with van der Waals surface area (Å²) < 4.78 is 68.6. The Labute approximate surface area is 588 Å². The molecule has 0 aromatic heterocycles. The van der Waals surface area contributed by atoms with Crippen LogP contribution in [0.15, 0.2) is 0 Å². The number of unbranched alkanes of at least 4 members (excludes halogenated alkanes) is 39. The largest absolute Gasteiger partial charge is 0.472 e. The van der Waals surface area contributed by atoms with Crippen molar-refractivity contribution >= 4 is 39.5 Å². The highest BCUT2D eigenvalue weighted by Gasteiger charge is 2.30. The molecule has 96 heavy (non-hydrogen) atoms. The lowest BCUT2D eigenvalue weighted by atomic mass is 10.00. The molecule has 6 atom stereocenters. The number of carbonyl (C=O) groups is 4. The van der Waals surface area contributed by atoms with Gasteiger partial charge >= 0.3 is 39.5 Å². The summed E-state index contributed by atoms with van der Waals surface area (Å²) in [6.45, 7) is 14.2. The number of carbonyl (C=O) groups excluding carboxylic acids is 4. The van der Waals surface area contributed by atoms with Gasteiger partial charge in [0, 0.05) is 25.7 Å². The summed E-state index contributed by atoms with van der Waals surface area (Å²) in [4.78, 5) is 72.9. The number of hydrogen-bond acceptors (Lipinski definition) is 15. The third-order valence-corrected chi connectivity index (χ3v) is 20.1. The summed E-state index contributed by atoms with van der Waals surface area (Å²) in [5.41, 5.74) is 0. The molecule has 0 heterocycles. The van der Waals surface area contributed by atoms with Gasteiger partial charge in [0.15, 0.2) is 12.2 Å². The van der Waals surface area contributed by atoms with Gasteiger partial charge in [0.25, 0.3) is 0 Å². The number of esters is 4. The van der Waals surface area contributed by atoms with E-state index in [-0.39, 0.29) is 25.7 Å². The van der Waals surface area contributed by atoms with Crippen molar-refractivity contribution in [3.8, 4) is 0 Å². The molecule has 0 aromatic carbocycles. The van der Waals surface area contributed by atoms with Crippen LogP contribution in [0.1, 0.15) is 389 Å². The van der Waals surface area contributed by atoms with Gasteiger partial charge < -0.3 is 33.8 Å². The van der Waals surface area contributed by atoms with Crippen LogP contribution in [0.25, 0.3) is 0 Å². The van der Waals surface area contributed by atoms with E-state index in [1.165, 1.54) is 186 Å². The fourth-order valence-corrected chi connectivity index (χ4v) is 13.3. The van der Waals surface area contributed by atoms with Gasteiger partial charge in [-0.15, -0.1) is 0 Å². The number of rotatable bonds is 74. The normalized spacial score (nSPS) is 14.4. The molecule has 0 aliphatic carbocycles. The van der Waals surface area contributed by atoms with E-state index >= 15 is 0 Å². The maximum Gasteiger partial charge on any atom is 0.472 e. The Morgan fingerprint density at radius 3 is 0.740 bits per heavy atom. The predicted molar refractivity (Wildman–Crippen MR) is 391 cm³/mol. The second-order valence-electron chi connectivity index (χ2n) is 29.4. The van der Waals surface area contributed by atoms with E-state index in [0.29, 0.717) is 25.7 Å². The fourth-order valence-electron chi connectivity index (χ4n) is 11.7. The molecule has 0 aromatic rings. The van der Waals surface area contributed by atoms with Gasteiger partial charge in [0.1, 0.15) is 19.3 Å². The van der Waals surface area contributed by atoms with Crippen LogP contribution in [0.3, 0.4) is 0 Å². The summed E-state index contributed by atoms with van der Waals surface area (Å²) >= 11 is 0. The first-order valence-corrected chi connectivity index (χ1v) is 42.7. The van der Waals surface area contributed by atoms with Crippen molar-refractivity contribution in [2.75, 3.05) is 39.6 Å².